The fourth-order valence-electron chi connectivity index (χ4n) is 2.60. The average Bonchev–Trinajstić information content (AvgIpc) is 2.89. The van der Waals surface area contributed by atoms with Gasteiger partial charge in [0.1, 0.15) is 5.15 Å². The van der Waals surface area contributed by atoms with Crippen LogP contribution in [0, 0.1) is 0 Å². The molecule has 1 amide bonds. The van der Waals surface area contributed by atoms with Crippen molar-refractivity contribution in [3.05, 3.63) is 53.3 Å². The van der Waals surface area contributed by atoms with Crippen LogP contribution in [0.4, 0.5) is 11.4 Å². The Bertz CT molecular complexity index is 870. The second kappa shape index (κ2) is 6.78. The molecule has 0 atom stereocenters. The Morgan fingerprint density at radius 3 is 2.83 bits per heavy atom. The van der Waals surface area contributed by atoms with Crippen molar-refractivity contribution in [2.45, 2.75) is 12.8 Å². The number of hydrogen-bond acceptors (Lipinski definition) is 4. The summed E-state index contributed by atoms with van der Waals surface area (Å²) in [7, 11) is -3.24. The zero-order chi connectivity index (χ0) is 17.2. The van der Waals surface area contributed by atoms with E-state index in [-0.39, 0.29) is 18.1 Å². The van der Waals surface area contributed by atoms with Gasteiger partial charge in [-0.3, -0.25) is 9.10 Å². The van der Waals surface area contributed by atoms with Gasteiger partial charge >= 0.3 is 0 Å². The van der Waals surface area contributed by atoms with Gasteiger partial charge < -0.3 is 5.32 Å². The maximum atomic E-state index is 12.2. The van der Waals surface area contributed by atoms with E-state index in [4.69, 9.17) is 11.6 Å². The minimum Gasteiger partial charge on any atom is -0.326 e. The molecule has 0 bridgehead atoms. The zero-order valence-electron chi connectivity index (χ0n) is 12.8. The number of benzene rings is 1. The first-order valence-corrected chi connectivity index (χ1v) is 9.44. The van der Waals surface area contributed by atoms with Crippen LogP contribution < -0.4 is 9.62 Å². The van der Waals surface area contributed by atoms with Crippen LogP contribution in [0.5, 0.6) is 0 Å². The standard InChI is InChI=1S/C16H16ClN3O3S/c17-16-12(4-2-7-18-16)10-15(21)19-13-5-1-6-14(11-13)20-8-3-9-24(20,22)23/h1-2,4-7,11H,3,8-10H2,(H,19,21). The van der Waals surface area contributed by atoms with Crippen LogP contribution in [0.15, 0.2) is 42.6 Å². The lowest BCUT2D eigenvalue weighted by Gasteiger charge is -2.17. The molecule has 8 heteroatoms. The van der Waals surface area contributed by atoms with Crippen molar-refractivity contribution in [3.8, 4) is 0 Å². The van der Waals surface area contributed by atoms with Gasteiger partial charge in [0.2, 0.25) is 15.9 Å². The fourth-order valence-corrected chi connectivity index (χ4v) is 4.34. The maximum absolute atomic E-state index is 12.2. The summed E-state index contributed by atoms with van der Waals surface area (Å²) in [6, 6.07) is 10.3. The number of anilines is 2. The van der Waals surface area contributed by atoms with E-state index in [1.54, 1.807) is 42.6 Å². The van der Waals surface area contributed by atoms with E-state index < -0.39 is 10.0 Å². The van der Waals surface area contributed by atoms with E-state index in [0.717, 1.165) is 0 Å². The van der Waals surface area contributed by atoms with Crippen LogP contribution in [0.3, 0.4) is 0 Å². The van der Waals surface area contributed by atoms with Crippen LogP contribution >= 0.6 is 11.6 Å². The number of halogens is 1. The molecule has 1 fully saturated rings. The Balaban J connectivity index is 1.73. The summed E-state index contributed by atoms with van der Waals surface area (Å²) in [6.07, 6.45) is 2.26. The number of nitrogens with one attached hydrogen (secondary N) is 1. The second-order valence-corrected chi connectivity index (χ2v) is 7.84. The number of nitrogens with zero attached hydrogens (tertiary/aromatic N) is 2. The highest BCUT2D eigenvalue weighted by Crippen LogP contribution is 2.26. The van der Waals surface area contributed by atoms with E-state index >= 15 is 0 Å². The van der Waals surface area contributed by atoms with Crippen molar-refractivity contribution in [3.63, 3.8) is 0 Å². The van der Waals surface area contributed by atoms with Crippen LogP contribution in [0.1, 0.15) is 12.0 Å². The lowest BCUT2D eigenvalue weighted by atomic mass is 10.2. The molecule has 2 heterocycles. The lowest BCUT2D eigenvalue weighted by Crippen LogP contribution is -2.25. The Kier molecular flexibility index (Phi) is 4.73. The van der Waals surface area contributed by atoms with Gasteiger partial charge in [-0.1, -0.05) is 23.7 Å². The Hall–Kier alpha value is -2.12. The van der Waals surface area contributed by atoms with Gasteiger partial charge in [-0.05, 0) is 36.2 Å². The molecule has 0 saturated carbocycles. The van der Waals surface area contributed by atoms with Gasteiger partial charge in [-0.2, -0.15) is 0 Å². The third-order valence-corrected chi connectivity index (χ3v) is 5.91. The molecule has 1 aromatic carbocycles. The largest absolute Gasteiger partial charge is 0.326 e. The molecule has 0 spiro atoms. The van der Waals surface area contributed by atoms with Crippen molar-refractivity contribution < 1.29 is 13.2 Å². The zero-order valence-corrected chi connectivity index (χ0v) is 14.3. The van der Waals surface area contributed by atoms with Gasteiger partial charge in [-0.15, -0.1) is 0 Å². The summed E-state index contributed by atoms with van der Waals surface area (Å²) < 4.78 is 25.4. The van der Waals surface area contributed by atoms with Gasteiger partial charge in [0.05, 0.1) is 17.9 Å². The highest BCUT2D eigenvalue weighted by molar-refractivity contribution is 7.93. The molecule has 0 aliphatic carbocycles. The first kappa shape index (κ1) is 16.7. The van der Waals surface area contributed by atoms with Gasteiger partial charge in [-0.25, -0.2) is 13.4 Å². The van der Waals surface area contributed by atoms with E-state index in [0.29, 0.717) is 35.1 Å². The second-order valence-electron chi connectivity index (χ2n) is 5.47. The highest BCUT2D eigenvalue weighted by atomic mass is 35.5. The van der Waals surface area contributed by atoms with Crippen LogP contribution in [0.25, 0.3) is 0 Å². The number of amides is 1. The van der Waals surface area contributed by atoms with E-state index in [1.807, 2.05) is 0 Å². The Morgan fingerprint density at radius 1 is 1.29 bits per heavy atom. The third-order valence-electron chi connectivity index (χ3n) is 3.70. The van der Waals surface area contributed by atoms with E-state index in [1.165, 1.54) is 4.31 Å². The molecule has 24 heavy (non-hydrogen) atoms. The number of pyridine rings is 1. The normalized spacial score (nSPS) is 16.1. The molecule has 1 aromatic heterocycles. The molecule has 126 valence electrons. The number of carbonyl (C=O) groups excluding carboxylic acids is 1. The highest BCUT2D eigenvalue weighted by Gasteiger charge is 2.28. The molecule has 1 aliphatic heterocycles. The van der Waals surface area contributed by atoms with Gasteiger partial charge in [0, 0.05) is 18.4 Å². The number of aromatic nitrogens is 1. The molecule has 1 saturated heterocycles. The first-order chi connectivity index (χ1) is 11.5. The van der Waals surface area contributed by atoms with Crippen LogP contribution in [-0.4, -0.2) is 31.6 Å². The molecule has 3 rings (SSSR count). The smallest absolute Gasteiger partial charge is 0.235 e. The number of hydrogen-bond donors (Lipinski definition) is 1. The monoisotopic (exact) mass is 365 g/mol. The summed E-state index contributed by atoms with van der Waals surface area (Å²) in [4.78, 5) is 16.1. The van der Waals surface area contributed by atoms with Crippen molar-refractivity contribution >= 4 is 38.9 Å². The fraction of sp³-hybridized carbons (Fsp3) is 0.250. The first-order valence-electron chi connectivity index (χ1n) is 7.45. The SMILES string of the molecule is O=C(Cc1cccnc1Cl)Nc1cccc(N2CCCS2(=O)=O)c1. The molecule has 2 aromatic rings. The maximum Gasteiger partial charge on any atom is 0.235 e. The molecule has 0 unspecified atom stereocenters. The van der Waals surface area contributed by atoms with E-state index in [2.05, 4.69) is 10.3 Å². The molecular formula is C16H16ClN3O3S. The Labute approximate surface area is 145 Å². The summed E-state index contributed by atoms with van der Waals surface area (Å²) in [6.45, 7) is 0.463. The van der Waals surface area contributed by atoms with E-state index in [9.17, 15) is 13.2 Å². The minimum absolute atomic E-state index is 0.0961. The predicted molar refractivity (Wildman–Crippen MR) is 93.8 cm³/mol. The summed E-state index contributed by atoms with van der Waals surface area (Å²) in [5.41, 5.74) is 1.74. The molecule has 1 N–H and O–H groups in total. The van der Waals surface area contributed by atoms with Crippen molar-refractivity contribution in [2.24, 2.45) is 0 Å². The average molecular weight is 366 g/mol. The minimum atomic E-state index is -3.24. The number of carbonyl (C=O) groups is 1. The summed E-state index contributed by atoms with van der Waals surface area (Å²) in [5.74, 6) is -0.0883. The lowest BCUT2D eigenvalue weighted by molar-refractivity contribution is -0.115. The third kappa shape index (κ3) is 3.68. The molecule has 0 radical (unpaired) electrons. The predicted octanol–water partition coefficient (Wildman–Crippen LogP) is 2.46. The van der Waals surface area contributed by atoms with Crippen LogP contribution in [-0.2, 0) is 21.2 Å². The van der Waals surface area contributed by atoms with Crippen LogP contribution in [0.2, 0.25) is 5.15 Å². The van der Waals surface area contributed by atoms with Gasteiger partial charge in [0.25, 0.3) is 0 Å². The Morgan fingerprint density at radius 2 is 2.12 bits per heavy atom. The quantitative estimate of drug-likeness (QED) is 0.844. The molecule has 1 aliphatic rings. The number of rotatable bonds is 4. The van der Waals surface area contributed by atoms with Crippen molar-refractivity contribution in [1.82, 2.24) is 4.98 Å². The molecule has 6 nitrogen and oxygen atoms in total. The summed E-state index contributed by atoms with van der Waals surface area (Å²) >= 11 is 5.95. The van der Waals surface area contributed by atoms with Crippen molar-refractivity contribution in [1.29, 1.82) is 0 Å². The van der Waals surface area contributed by atoms with Gasteiger partial charge in [0.15, 0.2) is 0 Å². The molecular weight excluding hydrogens is 350 g/mol. The summed E-state index contributed by atoms with van der Waals surface area (Å²) in [5, 5.41) is 3.06. The van der Waals surface area contributed by atoms with Crippen molar-refractivity contribution in [2.75, 3.05) is 21.9 Å². The topological polar surface area (TPSA) is 79.4 Å². The number of sulfonamides is 1.